The Labute approximate surface area is 89.3 Å². The molecule has 0 atom stereocenters. The molecular weight excluding hydrogens is 190 g/mol. The van der Waals surface area contributed by atoms with Gasteiger partial charge < -0.3 is 9.94 Å². The van der Waals surface area contributed by atoms with Gasteiger partial charge in [0.05, 0.1) is 0 Å². The minimum absolute atomic E-state index is 0.295. The predicted molar refractivity (Wildman–Crippen MR) is 60.0 cm³/mol. The standard InChI is InChI=1S/C12H16NO2/c1-9-7-11(13(15)12(14)8-9)10-5-3-2-4-6-10/h7-8,10H,2-6H2,1H3/q-1. The highest BCUT2D eigenvalue weighted by Crippen LogP contribution is 2.31. The van der Waals surface area contributed by atoms with Gasteiger partial charge in [-0.15, -0.1) is 0 Å². The Kier molecular flexibility index (Phi) is 2.80. The fraction of sp³-hybridized carbons (Fsp3) is 0.583. The van der Waals surface area contributed by atoms with Crippen LogP contribution in [0, 0.1) is 12.1 Å². The summed E-state index contributed by atoms with van der Waals surface area (Å²) in [5, 5.41) is 11.6. The van der Waals surface area contributed by atoms with E-state index in [9.17, 15) is 10.0 Å². The van der Waals surface area contributed by atoms with Gasteiger partial charge in [0, 0.05) is 11.8 Å². The van der Waals surface area contributed by atoms with Crippen LogP contribution in [-0.2, 0) is 0 Å². The van der Waals surface area contributed by atoms with Gasteiger partial charge in [-0.3, -0.25) is 4.79 Å². The van der Waals surface area contributed by atoms with Crippen molar-refractivity contribution < 1.29 is 0 Å². The molecule has 1 aliphatic carbocycles. The molecule has 0 saturated heterocycles. The van der Waals surface area contributed by atoms with Crippen molar-refractivity contribution in [2.75, 3.05) is 0 Å². The molecule has 1 heterocycles. The zero-order valence-electron chi connectivity index (χ0n) is 9.03. The first-order valence-electron chi connectivity index (χ1n) is 5.59. The minimum Gasteiger partial charge on any atom is -0.803 e. The van der Waals surface area contributed by atoms with E-state index in [-0.39, 0.29) is 0 Å². The van der Waals surface area contributed by atoms with E-state index in [1.807, 2.05) is 13.0 Å². The summed E-state index contributed by atoms with van der Waals surface area (Å²) in [6.07, 6.45) is 5.70. The average Bonchev–Trinajstić information content (AvgIpc) is 2.24. The third-order valence-electron chi connectivity index (χ3n) is 3.18. The van der Waals surface area contributed by atoms with Crippen molar-refractivity contribution in [3.05, 3.63) is 39.0 Å². The molecule has 15 heavy (non-hydrogen) atoms. The van der Waals surface area contributed by atoms with E-state index < -0.39 is 5.56 Å². The van der Waals surface area contributed by atoms with E-state index in [2.05, 4.69) is 0 Å². The summed E-state index contributed by atoms with van der Waals surface area (Å²) in [7, 11) is 0. The highest BCUT2D eigenvalue weighted by atomic mass is 16.5. The lowest BCUT2D eigenvalue weighted by Crippen LogP contribution is -2.22. The molecule has 0 radical (unpaired) electrons. The summed E-state index contributed by atoms with van der Waals surface area (Å²) < 4.78 is 0.572. The van der Waals surface area contributed by atoms with E-state index in [4.69, 9.17) is 0 Å². The predicted octanol–water partition coefficient (Wildman–Crippen LogP) is 2.55. The molecule has 0 bridgehead atoms. The van der Waals surface area contributed by atoms with Crippen LogP contribution >= 0.6 is 0 Å². The lowest BCUT2D eigenvalue weighted by Gasteiger charge is -2.27. The number of hydrogen-bond acceptors (Lipinski definition) is 2. The molecule has 1 aromatic heterocycles. The minimum atomic E-state index is -0.421. The van der Waals surface area contributed by atoms with E-state index in [1.54, 1.807) is 0 Å². The van der Waals surface area contributed by atoms with Gasteiger partial charge in [0.15, 0.2) is 0 Å². The molecule has 0 aliphatic heterocycles. The second-order valence-electron chi connectivity index (χ2n) is 4.43. The molecule has 0 amide bonds. The van der Waals surface area contributed by atoms with Crippen LogP contribution in [0.25, 0.3) is 0 Å². The van der Waals surface area contributed by atoms with Crippen molar-refractivity contribution in [2.24, 2.45) is 0 Å². The first-order chi connectivity index (χ1) is 7.18. The van der Waals surface area contributed by atoms with Gasteiger partial charge in [-0.05, 0) is 37.3 Å². The smallest absolute Gasteiger partial charge is 0.246 e. The Bertz CT molecular complexity index is 403. The number of pyridine rings is 1. The Balaban J connectivity index is 2.37. The summed E-state index contributed by atoms with van der Waals surface area (Å²) >= 11 is 0. The molecule has 3 nitrogen and oxygen atoms in total. The van der Waals surface area contributed by atoms with Crippen molar-refractivity contribution >= 4 is 0 Å². The summed E-state index contributed by atoms with van der Waals surface area (Å²) in [4.78, 5) is 11.4. The molecular formula is C12H16NO2-. The second-order valence-corrected chi connectivity index (χ2v) is 4.43. The van der Waals surface area contributed by atoms with Gasteiger partial charge in [-0.25, -0.2) is 0 Å². The highest BCUT2D eigenvalue weighted by Gasteiger charge is 2.17. The summed E-state index contributed by atoms with van der Waals surface area (Å²) in [6, 6.07) is 3.27. The van der Waals surface area contributed by atoms with Gasteiger partial charge >= 0.3 is 0 Å². The van der Waals surface area contributed by atoms with Gasteiger partial charge in [0.25, 0.3) is 0 Å². The number of hydrogen-bond donors (Lipinski definition) is 0. The van der Waals surface area contributed by atoms with Crippen molar-refractivity contribution in [3.8, 4) is 0 Å². The lowest BCUT2D eigenvalue weighted by atomic mass is 9.86. The van der Waals surface area contributed by atoms with Crippen LogP contribution in [-0.4, -0.2) is 4.73 Å². The van der Waals surface area contributed by atoms with Crippen LogP contribution in [0.5, 0.6) is 0 Å². The first-order valence-corrected chi connectivity index (χ1v) is 5.59. The molecule has 0 aromatic carbocycles. The topological polar surface area (TPSA) is 45.1 Å². The average molecular weight is 206 g/mol. The SMILES string of the molecule is Cc1cc(C2CCCCC2)n([O-])c(=O)c1. The van der Waals surface area contributed by atoms with Gasteiger partial charge in [0.2, 0.25) is 5.56 Å². The van der Waals surface area contributed by atoms with E-state index >= 15 is 0 Å². The molecule has 3 heteroatoms. The van der Waals surface area contributed by atoms with Gasteiger partial charge in [-0.2, -0.15) is 0 Å². The van der Waals surface area contributed by atoms with Crippen LogP contribution < -0.4 is 5.56 Å². The van der Waals surface area contributed by atoms with Crippen LogP contribution in [0.4, 0.5) is 0 Å². The van der Waals surface area contributed by atoms with E-state index in [0.717, 1.165) is 18.4 Å². The van der Waals surface area contributed by atoms with Gasteiger partial charge in [-0.1, -0.05) is 19.3 Å². The largest absolute Gasteiger partial charge is 0.803 e. The summed E-state index contributed by atoms with van der Waals surface area (Å²) in [5.74, 6) is 0.295. The van der Waals surface area contributed by atoms with Crippen molar-refractivity contribution in [1.29, 1.82) is 0 Å². The van der Waals surface area contributed by atoms with Crippen molar-refractivity contribution in [3.63, 3.8) is 0 Å². The van der Waals surface area contributed by atoms with Gasteiger partial charge in [0.1, 0.15) is 0 Å². The Morgan fingerprint density at radius 3 is 2.60 bits per heavy atom. The Hall–Kier alpha value is -1.25. The molecule has 1 aliphatic rings. The third kappa shape index (κ3) is 2.06. The zero-order valence-corrected chi connectivity index (χ0v) is 9.03. The molecule has 1 aromatic rings. The number of nitrogens with zero attached hydrogens (tertiary/aromatic N) is 1. The van der Waals surface area contributed by atoms with Crippen molar-refractivity contribution in [1.82, 2.24) is 4.73 Å². The monoisotopic (exact) mass is 206 g/mol. The molecule has 0 unspecified atom stereocenters. The summed E-state index contributed by atoms with van der Waals surface area (Å²) in [5.41, 5.74) is 1.16. The van der Waals surface area contributed by atoms with Crippen LogP contribution in [0.1, 0.15) is 49.3 Å². The van der Waals surface area contributed by atoms with Crippen molar-refractivity contribution in [2.45, 2.75) is 44.9 Å². The zero-order chi connectivity index (χ0) is 10.8. The van der Waals surface area contributed by atoms with E-state index in [1.165, 1.54) is 25.3 Å². The lowest BCUT2D eigenvalue weighted by molar-refractivity contribution is 0.430. The maximum atomic E-state index is 11.6. The first kappa shape index (κ1) is 10.3. The van der Waals surface area contributed by atoms with E-state index in [0.29, 0.717) is 16.3 Å². The quantitative estimate of drug-likeness (QED) is 0.708. The highest BCUT2D eigenvalue weighted by molar-refractivity contribution is 5.20. The molecule has 1 fully saturated rings. The molecule has 2 rings (SSSR count). The molecule has 0 N–H and O–H groups in total. The number of aromatic nitrogens is 1. The Morgan fingerprint density at radius 1 is 1.27 bits per heavy atom. The van der Waals surface area contributed by atoms with Crippen LogP contribution in [0.3, 0.4) is 0 Å². The molecule has 1 saturated carbocycles. The summed E-state index contributed by atoms with van der Waals surface area (Å²) in [6.45, 7) is 1.87. The Morgan fingerprint density at radius 2 is 1.93 bits per heavy atom. The fourth-order valence-corrected chi connectivity index (χ4v) is 2.40. The second kappa shape index (κ2) is 4.09. The third-order valence-corrected chi connectivity index (χ3v) is 3.18. The molecule has 82 valence electrons. The van der Waals surface area contributed by atoms with Crippen LogP contribution in [0.2, 0.25) is 0 Å². The normalized spacial score (nSPS) is 17.9. The fourth-order valence-electron chi connectivity index (χ4n) is 2.40. The number of rotatable bonds is 1. The molecule has 0 spiro atoms. The number of aryl methyl sites for hydroxylation is 1. The van der Waals surface area contributed by atoms with Crippen LogP contribution in [0.15, 0.2) is 16.9 Å². The maximum Gasteiger partial charge on any atom is 0.246 e. The maximum absolute atomic E-state index is 11.6.